The summed E-state index contributed by atoms with van der Waals surface area (Å²) in [6.45, 7) is 0. The summed E-state index contributed by atoms with van der Waals surface area (Å²) in [5.74, 6) is 6.12. The molecule has 1 saturated heterocycles. The first-order valence-electron chi connectivity index (χ1n) is 23.5. The van der Waals surface area contributed by atoms with E-state index in [9.17, 15) is 15.8 Å². The third-order valence-corrected chi connectivity index (χ3v) is 17.9. The molecule has 17 atom stereocenters. The molecule has 0 spiro atoms. The van der Waals surface area contributed by atoms with Crippen molar-refractivity contribution >= 4 is 5.69 Å². The average Bonchev–Trinajstić information content (AvgIpc) is 3.78. The zero-order valence-corrected chi connectivity index (χ0v) is 33.8. The van der Waals surface area contributed by atoms with Gasteiger partial charge in [0.05, 0.1) is 24.1 Å². The molecule has 1 aromatic carbocycles. The second-order valence-corrected chi connectivity index (χ2v) is 20.2. The molecular formula is C51H65N5. The molecule has 5 nitrogen and oxygen atoms in total. The lowest BCUT2D eigenvalue weighted by Gasteiger charge is -2.53. The molecule has 0 N–H and O–H groups in total. The van der Waals surface area contributed by atoms with E-state index >= 15 is 0 Å². The first-order valence-corrected chi connectivity index (χ1v) is 23.5. The molecule has 4 saturated carbocycles. The number of anilines is 1. The molecule has 9 aliphatic rings. The number of para-hydroxylation sites is 1. The predicted octanol–water partition coefficient (Wildman–Crippen LogP) is 11.3. The summed E-state index contributed by atoms with van der Waals surface area (Å²) < 4.78 is 0. The van der Waals surface area contributed by atoms with Crippen molar-refractivity contribution in [2.24, 2.45) is 65.1 Å². The highest BCUT2D eigenvalue weighted by Crippen LogP contribution is 2.57. The van der Waals surface area contributed by atoms with Crippen LogP contribution in [0.3, 0.4) is 0 Å². The normalized spacial score (nSPS) is 45.7. The van der Waals surface area contributed by atoms with Crippen LogP contribution < -0.4 is 4.90 Å². The Labute approximate surface area is 337 Å². The molecular weight excluding hydrogens is 683 g/mol. The maximum atomic E-state index is 10.4. The van der Waals surface area contributed by atoms with E-state index in [-0.39, 0.29) is 17.8 Å². The monoisotopic (exact) mass is 748 g/mol. The van der Waals surface area contributed by atoms with Crippen molar-refractivity contribution in [3.05, 3.63) is 66.3 Å². The standard InChI is InChI=1S/C51H65N5/c52-30-33-21-23-50-46(25-33)47-26-34(31-53)22-24-51(47)56(50)38-28-36(27-37(29-38)55-48-19-9-7-17-44(48)45-18-8-10-20-49(45)55)40-13-3-4-15-42(40)43-16-6-5-14-41(43)39-12-2-1-11-35(39)32-54/h5-9,17-19,21,23,33-43,45-47,49-51H,1-4,10-16,20,22,24-29H2. The zero-order chi connectivity index (χ0) is 37.8. The van der Waals surface area contributed by atoms with Gasteiger partial charge in [-0.15, -0.1) is 0 Å². The Balaban J connectivity index is 1.02. The van der Waals surface area contributed by atoms with Crippen molar-refractivity contribution in [2.75, 3.05) is 4.90 Å². The topological polar surface area (TPSA) is 77.8 Å². The fraction of sp³-hybridized carbons (Fsp3) is 0.706. The van der Waals surface area contributed by atoms with Gasteiger partial charge in [0.25, 0.3) is 0 Å². The molecule has 5 fully saturated rings. The predicted molar refractivity (Wildman–Crippen MR) is 223 cm³/mol. The molecule has 2 aliphatic heterocycles. The number of nitrogens with zero attached hydrogens (tertiary/aromatic N) is 5. The molecule has 0 radical (unpaired) electrons. The lowest BCUT2D eigenvalue weighted by molar-refractivity contribution is -0.00278. The van der Waals surface area contributed by atoms with Crippen LogP contribution in [0.25, 0.3) is 0 Å². The van der Waals surface area contributed by atoms with Crippen molar-refractivity contribution in [1.82, 2.24) is 4.90 Å². The van der Waals surface area contributed by atoms with Crippen molar-refractivity contribution in [2.45, 2.75) is 158 Å². The Hall–Kier alpha value is -3.33. The number of benzene rings is 1. The van der Waals surface area contributed by atoms with E-state index in [1.807, 2.05) is 0 Å². The SMILES string of the molecule is N#CC1C=CC2C(C1)C1CC(C#N)CCC1N2C1CC(C2CCCCC2C2CC=CCC2C2CCCCC2C#N)CC(N2c3ccccc3C3C=CCCC32)C1. The molecule has 1 aromatic rings. The molecule has 17 unspecified atom stereocenters. The Morgan fingerprint density at radius 2 is 1.32 bits per heavy atom. The van der Waals surface area contributed by atoms with Crippen molar-refractivity contribution < 1.29 is 0 Å². The van der Waals surface area contributed by atoms with Crippen LogP contribution in [0.5, 0.6) is 0 Å². The number of hydrogen-bond donors (Lipinski definition) is 0. The van der Waals surface area contributed by atoms with E-state index in [4.69, 9.17) is 0 Å². The molecule has 0 aromatic heterocycles. The summed E-state index contributed by atoms with van der Waals surface area (Å²) in [5, 5.41) is 30.6. The van der Waals surface area contributed by atoms with Crippen LogP contribution in [-0.4, -0.2) is 35.1 Å². The largest absolute Gasteiger partial charge is 0.364 e. The molecule has 2 heterocycles. The summed E-state index contributed by atoms with van der Waals surface area (Å²) >= 11 is 0. The van der Waals surface area contributed by atoms with Gasteiger partial charge in [0.1, 0.15) is 0 Å². The van der Waals surface area contributed by atoms with Crippen molar-refractivity contribution in [1.29, 1.82) is 15.8 Å². The quantitative estimate of drug-likeness (QED) is 0.280. The van der Waals surface area contributed by atoms with Gasteiger partial charge in [0.2, 0.25) is 0 Å². The zero-order valence-electron chi connectivity index (χ0n) is 33.8. The minimum Gasteiger partial charge on any atom is -0.364 e. The third kappa shape index (κ3) is 6.41. The van der Waals surface area contributed by atoms with E-state index < -0.39 is 0 Å². The van der Waals surface area contributed by atoms with Gasteiger partial charge >= 0.3 is 0 Å². The van der Waals surface area contributed by atoms with Gasteiger partial charge in [0.15, 0.2) is 0 Å². The highest BCUT2D eigenvalue weighted by atomic mass is 15.3. The number of hydrogen-bond acceptors (Lipinski definition) is 5. The maximum Gasteiger partial charge on any atom is 0.0697 e. The van der Waals surface area contributed by atoms with Gasteiger partial charge in [-0.2, -0.15) is 15.8 Å². The first kappa shape index (κ1) is 37.0. The third-order valence-electron chi connectivity index (χ3n) is 17.9. The Morgan fingerprint density at radius 3 is 2.14 bits per heavy atom. The van der Waals surface area contributed by atoms with Crippen LogP contribution in [0, 0.1) is 99.1 Å². The Morgan fingerprint density at radius 1 is 0.554 bits per heavy atom. The minimum absolute atomic E-state index is 0.00818. The molecule has 5 heteroatoms. The number of fused-ring (bicyclic) bond motifs is 6. The minimum atomic E-state index is 0.00818. The fourth-order valence-electron chi connectivity index (χ4n) is 15.8. The lowest BCUT2D eigenvalue weighted by atomic mass is 9.56. The second kappa shape index (κ2) is 15.8. The second-order valence-electron chi connectivity index (χ2n) is 20.2. The van der Waals surface area contributed by atoms with E-state index in [1.54, 1.807) is 5.56 Å². The Bertz CT molecular complexity index is 1810. The van der Waals surface area contributed by atoms with Crippen LogP contribution in [0.15, 0.2) is 60.7 Å². The van der Waals surface area contributed by atoms with Crippen LogP contribution in [0.4, 0.5) is 5.69 Å². The summed E-state index contributed by atoms with van der Waals surface area (Å²) in [4.78, 5) is 6.06. The molecule has 56 heavy (non-hydrogen) atoms. The van der Waals surface area contributed by atoms with E-state index in [1.165, 1.54) is 95.6 Å². The summed E-state index contributed by atoms with van der Waals surface area (Å²) in [5.41, 5.74) is 3.06. The van der Waals surface area contributed by atoms with Gasteiger partial charge in [-0.25, -0.2) is 0 Å². The number of rotatable bonds is 5. The summed E-state index contributed by atoms with van der Waals surface area (Å²) in [7, 11) is 0. The molecule has 294 valence electrons. The van der Waals surface area contributed by atoms with Gasteiger partial charge in [-0.1, -0.05) is 80.3 Å². The van der Waals surface area contributed by atoms with E-state index in [0.717, 1.165) is 49.9 Å². The molecule has 7 aliphatic carbocycles. The van der Waals surface area contributed by atoms with Gasteiger partial charge < -0.3 is 4.90 Å². The van der Waals surface area contributed by atoms with Crippen LogP contribution in [0.1, 0.15) is 133 Å². The van der Waals surface area contributed by atoms with Crippen molar-refractivity contribution in [3.8, 4) is 18.2 Å². The highest BCUT2D eigenvalue weighted by molar-refractivity contribution is 5.64. The number of allylic oxidation sites excluding steroid dienone is 4. The molecule has 10 rings (SSSR count). The van der Waals surface area contributed by atoms with Crippen LogP contribution in [-0.2, 0) is 0 Å². The smallest absolute Gasteiger partial charge is 0.0697 e. The van der Waals surface area contributed by atoms with Gasteiger partial charge in [-0.3, -0.25) is 4.90 Å². The van der Waals surface area contributed by atoms with E-state index in [0.29, 0.717) is 65.7 Å². The molecule has 0 amide bonds. The van der Waals surface area contributed by atoms with Crippen LogP contribution >= 0.6 is 0 Å². The first-order chi connectivity index (χ1) is 27.6. The molecule has 0 bridgehead atoms. The van der Waals surface area contributed by atoms with E-state index in [2.05, 4.69) is 88.7 Å². The highest BCUT2D eigenvalue weighted by Gasteiger charge is 2.56. The summed E-state index contributed by atoms with van der Waals surface area (Å²) in [6, 6.07) is 20.1. The number of nitriles is 3. The number of likely N-dealkylation sites (tertiary alicyclic amines) is 1. The fourth-order valence-corrected chi connectivity index (χ4v) is 15.8. The van der Waals surface area contributed by atoms with Gasteiger partial charge in [0, 0.05) is 53.7 Å². The van der Waals surface area contributed by atoms with Crippen molar-refractivity contribution in [3.63, 3.8) is 0 Å². The van der Waals surface area contributed by atoms with Crippen LogP contribution in [0.2, 0.25) is 0 Å². The average molecular weight is 748 g/mol. The lowest BCUT2D eigenvalue weighted by Crippen LogP contribution is -2.56. The Kier molecular flexibility index (Phi) is 10.4. The maximum absolute atomic E-state index is 10.4. The van der Waals surface area contributed by atoms with Gasteiger partial charge in [-0.05, 0) is 155 Å². The summed E-state index contributed by atoms with van der Waals surface area (Å²) in [6.07, 6.45) is 38.0.